The summed E-state index contributed by atoms with van der Waals surface area (Å²) in [5.41, 5.74) is 5.01. The van der Waals surface area contributed by atoms with E-state index in [1.54, 1.807) is 30.3 Å². The molecule has 3 N–H and O–H groups in total. The summed E-state index contributed by atoms with van der Waals surface area (Å²) in [5, 5.41) is 41.5. The number of aromatic hydroxyl groups is 1. The van der Waals surface area contributed by atoms with Crippen molar-refractivity contribution in [2.75, 3.05) is 0 Å². The second-order valence-corrected chi connectivity index (χ2v) is 7.97. The van der Waals surface area contributed by atoms with Gasteiger partial charge in [0.05, 0.1) is 17.1 Å². The summed E-state index contributed by atoms with van der Waals surface area (Å²) < 4.78 is 0.762. The van der Waals surface area contributed by atoms with Crippen LogP contribution in [-0.4, -0.2) is 20.2 Å². The van der Waals surface area contributed by atoms with Crippen LogP contribution in [0.1, 0.15) is 50.0 Å². The Balaban J connectivity index is 2.12. The van der Waals surface area contributed by atoms with Crippen molar-refractivity contribution in [3.63, 3.8) is 0 Å². The number of hydrogen-bond donors (Lipinski definition) is 3. The zero-order chi connectivity index (χ0) is 21.6. The topological polar surface area (TPSA) is 104 Å². The van der Waals surface area contributed by atoms with Gasteiger partial charge in [-0.15, -0.1) is 5.73 Å². The van der Waals surface area contributed by atoms with Crippen molar-refractivity contribution in [3.8, 4) is 5.75 Å². The first-order chi connectivity index (χ1) is 13.7. The fourth-order valence-corrected chi connectivity index (χ4v) is 3.21. The first-order valence-electron chi connectivity index (χ1n) is 9.21. The van der Waals surface area contributed by atoms with E-state index in [0.29, 0.717) is 17.5 Å². The van der Waals surface area contributed by atoms with Crippen LogP contribution in [0, 0.1) is 16.0 Å². The Morgan fingerprint density at radius 3 is 2.41 bits per heavy atom. The number of nitro groups is 1. The summed E-state index contributed by atoms with van der Waals surface area (Å²) in [5.74, 6) is 0.145. The molecule has 0 aromatic heterocycles. The third kappa shape index (κ3) is 6.54. The highest BCUT2D eigenvalue weighted by Crippen LogP contribution is 2.30. The number of hydrogen-bond acceptors (Lipinski definition) is 5. The molecular formula is C22H24BrNO5. The maximum absolute atomic E-state index is 10.8. The molecular weight excluding hydrogens is 438 g/mol. The number of rotatable bonds is 8. The SMILES string of the molecule is CC(C)C(=C=CC[C@@H](O)c1cc(Br)ccc1O)C[C@@H](O)c1ccc([N+](=O)[O-])cc1. The first kappa shape index (κ1) is 22.8. The van der Waals surface area contributed by atoms with Gasteiger partial charge >= 0.3 is 0 Å². The number of phenols is 1. The lowest BCUT2D eigenvalue weighted by molar-refractivity contribution is -0.384. The molecule has 6 nitrogen and oxygen atoms in total. The Hall–Kier alpha value is -2.44. The van der Waals surface area contributed by atoms with Crippen LogP contribution in [-0.2, 0) is 0 Å². The maximum Gasteiger partial charge on any atom is 0.269 e. The van der Waals surface area contributed by atoms with Crippen LogP contribution in [0.25, 0.3) is 0 Å². The van der Waals surface area contributed by atoms with Crippen LogP contribution in [0.4, 0.5) is 5.69 Å². The van der Waals surface area contributed by atoms with Gasteiger partial charge in [0.25, 0.3) is 5.69 Å². The zero-order valence-electron chi connectivity index (χ0n) is 16.2. The number of benzene rings is 2. The molecule has 0 fully saturated rings. The Labute approximate surface area is 178 Å². The minimum atomic E-state index is -0.881. The van der Waals surface area contributed by atoms with Crippen molar-refractivity contribution in [1.29, 1.82) is 0 Å². The van der Waals surface area contributed by atoms with Crippen LogP contribution >= 0.6 is 15.9 Å². The van der Waals surface area contributed by atoms with Gasteiger partial charge in [-0.25, -0.2) is 0 Å². The summed E-state index contributed by atoms with van der Waals surface area (Å²) in [6.45, 7) is 3.96. The Morgan fingerprint density at radius 1 is 1.17 bits per heavy atom. The average Bonchev–Trinajstić information content (AvgIpc) is 2.68. The van der Waals surface area contributed by atoms with E-state index in [4.69, 9.17) is 0 Å². The third-order valence-corrected chi connectivity index (χ3v) is 5.07. The number of aliphatic hydroxyl groups excluding tert-OH is 2. The minimum absolute atomic E-state index is 0.0229. The van der Waals surface area contributed by atoms with E-state index in [1.807, 2.05) is 13.8 Å². The van der Waals surface area contributed by atoms with Gasteiger partial charge in [0.15, 0.2) is 0 Å². The third-order valence-electron chi connectivity index (χ3n) is 4.58. The van der Waals surface area contributed by atoms with Crippen molar-refractivity contribution in [3.05, 3.63) is 85.6 Å². The molecule has 2 rings (SSSR count). The summed E-state index contributed by atoms with van der Waals surface area (Å²) in [4.78, 5) is 10.3. The highest BCUT2D eigenvalue weighted by molar-refractivity contribution is 9.10. The summed E-state index contributed by atoms with van der Waals surface area (Å²) in [7, 11) is 0. The van der Waals surface area contributed by atoms with Gasteiger partial charge in [0.1, 0.15) is 5.75 Å². The van der Waals surface area contributed by atoms with Crippen molar-refractivity contribution in [2.45, 2.75) is 38.9 Å². The molecule has 0 saturated carbocycles. The molecule has 0 aliphatic carbocycles. The van der Waals surface area contributed by atoms with E-state index < -0.39 is 17.1 Å². The molecule has 0 radical (unpaired) electrons. The van der Waals surface area contributed by atoms with Crippen molar-refractivity contribution in [2.24, 2.45) is 5.92 Å². The molecule has 7 heteroatoms. The number of phenolic OH excluding ortho intramolecular Hbond substituents is 1. The monoisotopic (exact) mass is 461 g/mol. The van der Waals surface area contributed by atoms with Gasteiger partial charge in [0, 0.05) is 35.0 Å². The predicted molar refractivity (Wildman–Crippen MR) is 114 cm³/mol. The molecule has 0 unspecified atom stereocenters. The van der Waals surface area contributed by atoms with Crippen molar-refractivity contribution in [1.82, 2.24) is 0 Å². The summed E-state index contributed by atoms with van der Waals surface area (Å²) in [6, 6.07) is 10.7. The van der Waals surface area contributed by atoms with Crippen LogP contribution < -0.4 is 0 Å². The first-order valence-corrected chi connectivity index (χ1v) is 10.0. The smallest absolute Gasteiger partial charge is 0.269 e. The molecule has 0 aliphatic heterocycles. The quantitative estimate of drug-likeness (QED) is 0.279. The van der Waals surface area contributed by atoms with E-state index in [-0.39, 0.29) is 23.8 Å². The predicted octanol–water partition coefficient (Wildman–Crippen LogP) is 5.35. The molecule has 29 heavy (non-hydrogen) atoms. The van der Waals surface area contributed by atoms with Crippen LogP contribution in [0.2, 0.25) is 0 Å². The second kappa shape index (κ2) is 10.4. The number of non-ortho nitro benzene ring substituents is 1. The number of nitrogens with zero attached hydrogens (tertiary/aromatic N) is 1. The van der Waals surface area contributed by atoms with Gasteiger partial charge in [-0.1, -0.05) is 29.8 Å². The summed E-state index contributed by atoms with van der Waals surface area (Å²) in [6.07, 6.45) is 0.585. The standard InChI is InChI=1S/C22H24BrNO5/c1-14(2)16(12-22(27)15-6-9-18(10-7-15)24(28)29)4-3-5-20(25)19-13-17(23)8-11-21(19)26/h3,6-11,13-14,20,22,25-27H,5,12H2,1-2H3/t4?,20-,22-/m1/s1. The lowest BCUT2D eigenvalue weighted by atomic mass is 9.94. The molecule has 0 amide bonds. The highest BCUT2D eigenvalue weighted by Gasteiger charge is 2.15. The number of aliphatic hydroxyl groups is 2. The lowest BCUT2D eigenvalue weighted by Gasteiger charge is -2.15. The van der Waals surface area contributed by atoms with Gasteiger partial charge in [-0.2, -0.15) is 0 Å². The molecule has 2 aromatic carbocycles. The molecule has 0 heterocycles. The van der Waals surface area contributed by atoms with E-state index in [2.05, 4.69) is 21.7 Å². The van der Waals surface area contributed by atoms with Gasteiger partial charge < -0.3 is 15.3 Å². The number of halogens is 1. The van der Waals surface area contributed by atoms with Crippen LogP contribution in [0.5, 0.6) is 5.75 Å². The van der Waals surface area contributed by atoms with Crippen molar-refractivity contribution < 1.29 is 20.2 Å². The maximum atomic E-state index is 10.8. The highest BCUT2D eigenvalue weighted by atomic mass is 79.9. The van der Waals surface area contributed by atoms with E-state index in [0.717, 1.165) is 10.0 Å². The van der Waals surface area contributed by atoms with E-state index in [1.165, 1.54) is 18.2 Å². The van der Waals surface area contributed by atoms with Gasteiger partial charge in [-0.05, 0) is 53.5 Å². The van der Waals surface area contributed by atoms with Gasteiger partial charge in [-0.3, -0.25) is 10.1 Å². The normalized spacial score (nSPS) is 12.9. The zero-order valence-corrected chi connectivity index (χ0v) is 17.8. The Kier molecular flexibility index (Phi) is 8.17. The van der Waals surface area contributed by atoms with Gasteiger partial charge in [0.2, 0.25) is 0 Å². The minimum Gasteiger partial charge on any atom is -0.508 e. The summed E-state index contributed by atoms with van der Waals surface area (Å²) >= 11 is 3.32. The van der Waals surface area contributed by atoms with Crippen LogP contribution in [0.15, 0.2) is 64.3 Å². The van der Waals surface area contributed by atoms with Crippen LogP contribution in [0.3, 0.4) is 0 Å². The van der Waals surface area contributed by atoms with E-state index >= 15 is 0 Å². The molecule has 0 aliphatic rings. The molecule has 2 atom stereocenters. The fourth-order valence-electron chi connectivity index (χ4n) is 2.83. The molecule has 0 saturated heterocycles. The second-order valence-electron chi connectivity index (χ2n) is 7.05. The Bertz CT molecular complexity index is 917. The molecule has 2 aromatic rings. The largest absolute Gasteiger partial charge is 0.508 e. The average molecular weight is 462 g/mol. The fraction of sp³-hybridized carbons (Fsp3) is 0.318. The molecule has 0 spiro atoms. The van der Waals surface area contributed by atoms with Crippen molar-refractivity contribution >= 4 is 21.6 Å². The van der Waals surface area contributed by atoms with E-state index in [9.17, 15) is 25.4 Å². The lowest BCUT2D eigenvalue weighted by Crippen LogP contribution is -2.03. The molecule has 0 bridgehead atoms. The number of nitro benzene ring substituents is 1. The Morgan fingerprint density at radius 2 is 1.83 bits per heavy atom. The molecule has 154 valence electrons.